The second-order valence-electron chi connectivity index (χ2n) is 5.36. The first-order chi connectivity index (χ1) is 12.7. The van der Waals surface area contributed by atoms with Gasteiger partial charge in [-0.15, -0.1) is 0 Å². The molecular weight excluding hydrogens is 377 g/mol. The highest BCUT2D eigenvalue weighted by Crippen LogP contribution is 2.32. The number of aliphatic hydroxyl groups is 1. The number of hydrogen-bond donors (Lipinski definition) is 1. The van der Waals surface area contributed by atoms with Crippen LogP contribution in [0.3, 0.4) is 0 Å². The van der Waals surface area contributed by atoms with Crippen molar-refractivity contribution in [3.63, 3.8) is 0 Å². The lowest BCUT2D eigenvalue weighted by atomic mass is 10.1. The molecule has 7 heteroatoms. The highest BCUT2D eigenvalue weighted by molar-refractivity contribution is 6.36. The van der Waals surface area contributed by atoms with E-state index in [1.54, 1.807) is 25.5 Å². The van der Waals surface area contributed by atoms with Crippen LogP contribution in [0.1, 0.15) is 17.2 Å². The summed E-state index contributed by atoms with van der Waals surface area (Å²) in [5.74, 6) is 0.419. The first kappa shape index (κ1) is 20.7. The van der Waals surface area contributed by atoms with Gasteiger partial charge in [-0.1, -0.05) is 53.5 Å². The average molecular weight is 398 g/mol. The van der Waals surface area contributed by atoms with Crippen LogP contribution in [-0.2, 0) is 9.47 Å². The first-order valence-corrected chi connectivity index (χ1v) is 8.78. The molecule has 0 bridgehead atoms. The van der Waals surface area contributed by atoms with Crippen molar-refractivity contribution in [1.82, 2.24) is 0 Å². The highest BCUT2D eigenvalue weighted by atomic mass is 35.5. The lowest BCUT2D eigenvalue weighted by Gasteiger charge is -2.13. The number of nitrogens with zero attached hydrogens (tertiary/aromatic N) is 1. The number of ether oxygens (including phenoxy) is 3. The van der Waals surface area contributed by atoms with Crippen molar-refractivity contribution in [3.8, 4) is 5.75 Å². The third-order valence-electron chi connectivity index (χ3n) is 3.51. The van der Waals surface area contributed by atoms with E-state index in [0.717, 1.165) is 5.56 Å². The quantitative estimate of drug-likeness (QED) is 0.371. The topological polar surface area (TPSA) is 60.3 Å². The van der Waals surface area contributed by atoms with E-state index in [2.05, 4.69) is 4.99 Å². The summed E-state index contributed by atoms with van der Waals surface area (Å²) in [7, 11) is 1.60. The Kier molecular flexibility index (Phi) is 8.88. The number of rotatable bonds is 10. The average Bonchev–Trinajstić information content (AvgIpc) is 2.64. The Balaban J connectivity index is 2.16. The van der Waals surface area contributed by atoms with Crippen LogP contribution in [0.4, 0.5) is 0 Å². The zero-order valence-electron chi connectivity index (χ0n) is 14.4. The van der Waals surface area contributed by atoms with Gasteiger partial charge in [0.15, 0.2) is 6.79 Å². The number of halogens is 2. The van der Waals surface area contributed by atoms with E-state index in [9.17, 15) is 5.11 Å². The lowest BCUT2D eigenvalue weighted by molar-refractivity contribution is -0.00848. The maximum atomic E-state index is 9.63. The van der Waals surface area contributed by atoms with Crippen LogP contribution >= 0.6 is 23.2 Å². The Labute approximate surface area is 163 Å². The molecule has 0 fully saturated rings. The third-order valence-corrected chi connectivity index (χ3v) is 4.01. The smallest absolute Gasteiger partial charge is 0.189 e. The van der Waals surface area contributed by atoms with Gasteiger partial charge in [0, 0.05) is 23.9 Å². The van der Waals surface area contributed by atoms with Crippen LogP contribution < -0.4 is 4.74 Å². The molecular formula is C19H21Cl2NO4. The summed E-state index contributed by atoms with van der Waals surface area (Å²) in [5, 5.41) is 10.4. The van der Waals surface area contributed by atoms with E-state index in [4.69, 9.17) is 37.4 Å². The van der Waals surface area contributed by atoms with Crippen molar-refractivity contribution < 1.29 is 19.3 Å². The molecule has 0 spiro atoms. The number of benzene rings is 2. The maximum absolute atomic E-state index is 9.63. The molecule has 0 saturated heterocycles. The van der Waals surface area contributed by atoms with Crippen molar-refractivity contribution in [1.29, 1.82) is 0 Å². The van der Waals surface area contributed by atoms with Gasteiger partial charge in [0.25, 0.3) is 0 Å². The molecule has 0 aliphatic heterocycles. The minimum Gasteiger partial charge on any atom is -0.465 e. The fourth-order valence-electron chi connectivity index (χ4n) is 2.21. The zero-order chi connectivity index (χ0) is 18.8. The standard InChI is InChI=1S/C19H21Cl2NO4/c1-24-7-8-25-13-26-19-15(9-16(20)10-17(19)21)11-22-18(12-23)14-5-3-2-4-6-14/h2-6,9-11,18,23H,7-8,12-13H2,1H3/t18-/m0/s1. The van der Waals surface area contributed by atoms with Crippen LogP contribution in [-0.4, -0.2) is 45.0 Å². The molecule has 0 amide bonds. The molecule has 0 aliphatic rings. The SMILES string of the molecule is COCCOCOc1c(Cl)cc(Cl)cc1C=N[C@@H](CO)c1ccccc1. The van der Waals surface area contributed by atoms with Crippen LogP contribution in [0.25, 0.3) is 0 Å². The monoisotopic (exact) mass is 397 g/mol. The van der Waals surface area contributed by atoms with E-state index in [0.29, 0.717) is 34.6 Å². The number of methoxy groups -OCH3 is 1. The maximum Gasteiger partial charge on any atom is 0.189 e. The molecule has 0 heterocycles. The first-order valence-electron chi connectivity index (χ1n) is 8.03. The van der Waals surface area contributed by atoms with E-state index < -0.39 is 0 Å². The summed E-state index contributed by atoms with van der Waals surface area (Å²) in [4.78, 5) is 4.45. The molecule has 0 radical (unpaired) electrons. The minimum atomic E-state index is -0.389. The van der Waals surface area contributed by atoms with Crippen molar-refractivity contribution in [2.45, 2.75) is 6.04 Å². The predicted octanol–water partition coefficient (Wildman–Crippen LogP) is 4.15. The fraction of sp³-hybridized carbons (Fsp3) is 0.316. The molecule has 2 rings (SSSR count). The Bertz CT molecular complexity index is 710. The van der Waals surface area contributed by atoms with Gasteiger partial charge in [-0.05, 0) is 17.7 Å². The Morgan fingerprint density at radius 3 is 2.62 bits per heavy atom. The molecule has 0 saturated carbocycles. The summed E-state index contributed by atoms with van der Waals surface area (Å²) in [6.07, 6.45) is 1.59. The summed E-state index contributed by atoms with van der Waals surface area (Å²) in [6, 6.07) is 12.4. The Morgan fingerprint density at radius 1 is 1.15 bits per heavy atom. The second kappa shape index (κ2) is 11.2. The highest BCUT2D eigenvalue weighted by Gasteiger charge is 2.12. The van der Waals surface area contributed by atoms with Gasteiger partial charge >= 0.3 is 0 Å². The van der Waals surface area contributed by atoms with Crippen molar-refractivity contribution in [3.05, 3.63) is 63.6 Å². The van der Waals surface area contributed by atoms with Gasteiger partial charge in [-0.2, -0.15) is 0 Å². The van der Waals surface area contributed by atoms with E-state index in [-0.39, 0.29) is 19.4 Å². The van der Waals surface area contributed by atoms with Gasteiger partial charge < -0.3 is 19.3 Å². The molecule has 0 unspecified atom stereocenters. The summed E-state index contributed by atoms with van der Waals surface area (Å²) in [6.45, 7) is 0.784. The second-order valence-corrected chi connectivity index (χ2v) is 6.20. The molecule has 2 aromatic rings. The summed E-state index contributed by atoms with van der Waals surface area (Å²) >= 11 is 12.3. The largest absolute Gasteiger partial charge is 0.465 e. The molecule has 26 heavy (non-hydrogen) atoms. The minimum absolute atomic E-state index is 0.0215. The molecule has 5 nitrogen and oxygen atoms in total. The fourth-order valence-corrected chi connectivity index (χ4v) is 2.78. The number of aliphatic imine (C=N–C) groups is 1. The van der Waals surface area contributed by atoms with Crippen molar-refractivity contribution in [2.24, 2.45) is 4.99 Å². The van der Waals surface area contributed by atoms with Gasteiger partial charge in [-0.25, -0.2) is 0 Å². The third kappa shape index (κ3) is 6.27. The Hall–Kier alpha value is -1.63. The number of aliphatic hydroxyl groups excluding tert-OH is 1. The molecule has 1 N–H and O–H groups in total. The van der Waals surface area contributed by atoms with Gasteiger partial charge in [0.2, 0.25) is 0 Å². The van der Waals surface area contributed by atoms with Crippen LogP contribution in [0.15, 0.2) is 47.5 Å². The van der Waals surface area contributed by atoms with Gasteiger partial charge in [-0.3, -0.25) is 4.99 Å². The van der Waals surface area contributed by atoms with E-state index in [1.807, 2.05) is 30.3 Å². The Morgan fingerprint density at radius 2 is 1.92 bits per heavy atom. The normalized spacial score (nSPS) is 12.5. The van der Waals surface area contributed by atoms with Crippen LogP contribution in [0, 0.1) is 0 Å². The summed E-state index contributed by atoms with van der Waals surface area (Å²) in [5.41, 5.74) is 1.51. The predicted molar refractivity (Wildman–Crippen MR) is 104 cm³/mol. The molecule has 2 aromatic carbocycles. The van der Waals surface area contributed by atoms with E-state index >= 15 is 0 Å². The van der Waals surface area contributed by atoms with Crippen LogP contribution in [0.5, 0.6) is 5.75 Å². The molecule has 0 aromatic heterocycles. The molecule has 1 atom stereocenters. The van der Waals surface area contributed by atoms with Crippen molar-refractivity contribution in [2.75, 3.05) is 33.7 Å². The number of hydrogen-bond acceptors (Lipinski definition) is 5. The molecule has 0 aliphatic carbocycles. The van der Waals surface area contributed by atoms with Gasteiger partial charge in [0.05, 0.1) is 30.9 Å². The lowest BCUT2D eigenvalue weighted by Crippen LogP contribution is -2.09. The van der Waals surface area contributed by atoms with Crippen molar-refractivity contribution >= 4 is 29.4 Å². The van der Waals surface area contributed by atoms with E-state index in [1.165, 1.54) is 0 Å². The summed E-state index contributed by atoms with van der Waals surface area (Å²) < 4.78 is 15.8. The zero-order valence-corrected chi connectivity index (χ0v) is 15.9. The van der Waals surface area contributed by atoms with Gasteiger partial charge in [0.1, 0.15) is 5.75 Å². The van der Waals surface area contributed by atoms with Crippen LogP contribution in [0.2, 0.25) is 10.0 Å². The molecule has 140 valence electrons.